The minimum atomic E-state index is 0.576. The first-order valence-electron chi connectivity index (χ1n) is 7.31. The van der Waals surface area contributed by atoms with E-state index in [1.807, 2.05) is 0 Å². The third-order valence-electron chi connectivity index (χ3n) is 3.62. The van der Waals surface area contributed by atoms with Crippen LogP contribution in [0.25, 0.3) is 0 Å². The molecule has 1 aliphatic heterocycles. The minimum absolute atomic E-state index is 0.576. The fourth-order valence-corrected chi connectivity index (χ4v) is 2.58. The second-order valence-electron chi connectivity index (χ2n) is 5.80. The number of unbranched alkanes of at least 4 members (excludes halogenated alkanes) is 1. The van der Waals surface area contributed by atoms with Crippen LogP contribution in [0, 0.1) is 5.92 Å². The lowest BCUT2D eigenvalue weighted by Gasteiger charge is -2.12. The highest BCUT2D eigenvalue weighted by atomic mass is 15.0. The molecule has 0 bridgehead atoms. The number of para-hydroxylation sites is 1. The van der Waals surface area contributed by atoms with Crippen molar-refractivity contribution in [3.05, 3.63) is 29.8 Å². The van der Waals surface area contributed by atoms with Gasteiger partial charge in [0.05, 0.1) is 0 Å². The Bertz CT molecular complexity index is 335. The second-order valence-corrected chi connectivity index (χ2v) is 5.80. The third kappa shape index (κ3) is 4.02. The van der Waals surface area contributed by atoms with E-state index in [0.29, 0.717) is 6.04 Å². The van der Waals surface area contributed by atoms with Crippen molar-refractivity contribution in [1.82, 2.24) is 5.32 Å². The molecule has 0 spiro atoms. The molecule has 1 unspecified atom stereocenters. The van der Waals surface area contributed by atoms with Crippen LogP contribution in [0.4, 0.5) is 5.69 Å². The van der Waals surface area contributed by atoms with E-state index in [1.54, 1.807) is 0 Å². The van der Waals surface area contributed by atoms with Crippen molar-refractivity contribution in [2.45, 2.75) is 45.6 Å². The number of nitrogens with one attached hydrogen (secondary N) is 2. The summed E-state index contributed by atoms with van der Waals surface area (Å²) in [6, 6.07) is 9.21. The van der Waals surface area contributed by atoms with Gasteiger partial charge in [0.25, 0.3) is 0 Å². The van der Waals surface area contributed by atoms with Crippen molar-refractivity contribution in [1.29, 1.82) is 0 Å². The van der Waals surface area contributed by atoms with Gasteiger partial charge in [0.2, 0.25) is 0 Å². The van der Waals surface area contributed by atoms with Gasteiger partial charge in [-0.3, -0.25) is 0 Å². The molecular formula is C16H26N2. The molecule has 2 heteroatoms. The maximum absolute atomic E-state index is 3.58. The highest BCUT2D eigenvalue weighted by Gasteiger charge is 2.18. The molecule has 0 aliphatic carbocycles. The zero-order valence-corrected chi connectivity index (χ0v) is 11.7. The maximum Gasteiger partial charge on any atom is 0.0427 e. The molecule has 1 atom stereocenters. The summed E-state index contributed by atoms with van der Waals surface area (Å²) < 4.78 is 0. The molecule has 0 aromatic heterocycles. The summed E-state index contributed by atoms with van der Waals surface area (Å²) in [6.45, 7) is 6.83. The molecule has 2 nitrogen and oxygen atoms in total. The lowest BCUT2D eigenvalue weighted by Crippen LogP contribution is -2.31. The molecule has 18 heavy (non-hydrogen) atoms. The molecule has 1 aliphatic rings. The van der Waals surface area contributed by atoms with E-state index < -0.39 is 0 Å². The van der Waals surface area contributed by atoms with E-state index in [9.17, 15) is 0 Å². The predicted octanol–water partition coefficient (Wildman–Crippen LogP) is 3.44. The summed E-state index contributed by atoms with van der Waals surface area (Å²) in [5, 5.41) is 7.15. The average molecular weight is 246 g/mol. The predicted molar refractivity (Wildman–Crippen MR) is 79.1 cm³/mol. The Morgan fingerprint density at radius 1 is 1.28 bits per heavy atom. The number of fused-ring (bicyclic) bond motifs is 1. The molecule has 0 fully saturated rings. The van der Waals surface area contributed by atoms with Gasteiger partial charge < -0.3 is 10.6 Å². The topological polar surface area (TPSA) is 24.1 Å². The highest BCUT2D eigenvalue weighted by Crippen LogP contribution is 2.24. The first-order valence-corrected chi connectivity index (χ1v) is 7.31. The third-order valence-corrected chi connectivity index (χ3v) is 3.62. The summed E-state index contributed by atoms with van der Waals surface area (Å²) in [5.74, 6) is 0.844. The van der Waals surface area contributed by atoms with E-state index >= 15 is 0 Å². The van der Waals surface area contributed by atoms with Gasteiger partial charge in [-0.1, -0.05) is 44.9 Å². The minimum Gasteiger partial charge on any atom is -0.380 e. The van der Waals surface area contributed by atoms with Crippen molar-refractivity contribution in [2.75, 3.05) is 18.4 Å². The van der Waals surface area contributed by atoms with Gasteiger partial charge >= 0.3 is 0 Å². The van der Waals surface area contributed by atoms with Crippen LogP contribution in [0.15, 0.2) is 24.3 Å². The van der Waals surface area contributed by atoms with E-state index in [2.05, 4.69) is 48.7 Å². The molecule has 100 valence electrons. The van der Waals surface area contributed by atoms with E-state index in [4.69, 9.17) is 0 Å². The Labute approximate surface area is 111 Å². The number of hydrogen-bond donors (Lipinski definition) is 2. The Morgan fingerprint density at radius 3 is 2.89 bits per heavy atom. The Balaban J connectivity index is 1.57. The van der Waals surface area contributed by atoms with Gasteiger partial charge in [0.15, 0.2) is 0 Å². The number of benzene rings is 1. The van der Waals surface area contributed by atoms with E-state index in [0.717, 1.165) is 25.4 Å². The van der Waals surface area contributed by atoms with Crippen LogP contribution in [0.1, 0.15) is 38.7 Å². The number of rotatable bonds is 7. The molecule has 0 saturated carbocycles. The van der Waals surface area contributed by atoms with Gasteiger partial charge in [-0.2, -0.15) is 0 Å². The van der Waals surface area contributed by atoms with Gasteiger partial charge in [0.1, 0.15) is 0 Å². The lowest BCUT2D eigenvalue weighted by atomic mass is 10.1. The van der Waals surface area contributed by atoms with Crippen LogP contribution >= 0.6 is 0 Å². The fourth-order valence-electron chi connectivity index (χ4n) is 2.58. The standard InChI is InChI=1S/C16H26N2/c1-13(2)7-5-6-10-17-12-15-11-14-8-3-4-9-16(14)18-15/h3-4,8-9,13,15,17-18H,5-7,10-12H2,1-2H3. The molecule has 1 heterocycles. The van der Waals surface area contributed by atoms with E-state index in [-0.39, 0.29) is 0 Å². The Morgan fingerprint density at radius 2 is 2.11 bits per heavy atom. The maximum atomic E-state index is 3.58. The summed E-state index contributed by atoms with van der Waals surface area (Å²) in [7, 11) is 0. The Hall–Kier alpha value is -1.02. The molecular weight excluding hydrogens is 220 g/mol. The Kier molecular flexibility index (Phi) is 5.06. The van der Waals surface area contributed by atoms with Crippen LogP contribution in [-0.2, 0) is 6.42 Å². The van der Waals surface area contributed by atoms with Crippen molar-refractivity contribution in [3.8, 4) is 0 Å². The summed E-state index contributed by atoms with van der Waals surface area (Å²) in [5.41, 5.74) is 2.79. The number of hydrogen-bond acceptors (Lipinski definition) is 2. The summed E-state index contributed by atoms with van der Waals surface area (Å²) in [6.07, 6.45) is 5.17. The van der Waals surface area contributed by atoms with E-state index in [1.165, 1.54) is 30.5 Å². The fraction of sp³-hybridized carbons (Fsp3) is 0.625. The van der Waals surface area contributed by atoms with Crippen molar-refractivity contribution in [3.63, 3.8) is 0 Å². The monoisotopic (exact) mass is 246 g/mol. The molecule has 1 aromatic rings. The largest absolute Gasteiger partial charge is 0.380 e. The smallest absolute Gasteiger partial charge is 0.0427 e. The van der Waals surface area contributed by atoms with Crippen molar-refractivity contribution >= 4 is 5.69 Å². The second kappa shape index (κ2) is 6.79. The normalized spacial score (nSPS) is 17.8. The molecule has 0 amide bonds. The SMILES string of the molecule is CC(C)CCCCNCC1Cc2ccccc2N1. The first kappa shape index (κ1) is 13.4. The highest BCUT2D eigenvalue weighted by molar-refractivity contribution is 5.56. The molecule has 2 N–H and O–H groups in total. The molecule has 0 saturated heterocycles. The summed E-state index contributed by atoms with van der Waals surface area (Å²) in [4.78, 5) is 0. The first-order chi connectivity index (χ1) is 8.75. The van der Waals surface area contributed by atoms with Crippen LogP contribution in [-0.4, -0.2) is 19.1 Å². The van der Waals surface area contributed by atoms with Crippen molar-refractivity contribution in [2.24, 2.45) is 5.92 Å². The molecule has 0 radical (unpaired) electrons. The van der Waals surface area contributed by atoms with Gasteiger partial charge in [-0.05, 0) is 36.9 Å². The van der Waals surface area contributed by atoms with Gasteiger partial charge in [0, 0.05) is 18.3 Å². The average Bonchev–Trinajstić information content (AvgIpc) is 2.75. The van der Waals surface area contributed by atoms with Crippen molar-refractivity contribution < 1.29 is 0 Å². The lowest BCUT2D eigenvalue weighted by molar-refractivity contribution is 0.514. The molecule has 1 aromatic carbocycles. The zero-order chi connectivity index (χ0) is 12.8. The van der Waals surface area contributed by atoms with Crippen LogP contribution in [0.5, 0.6) is 0 Å². The zero-order valence-electron chi connectivity index (χ0n) is 11.7. The quantitative estimate of drug-likeness (QED) is 0.720. The molecule has 2 rings (SSSR count). The van der Waals surface area contributed by atoms with Crippen LogP contribution in [0.3, 0.4) is 0 Å². The van der Waals surface area contributed by atoms with Gasteiger partial charge in [-0.25, -0.2) is 0 Å². The number of anilines is 1. The summed E-state index contributed by atoms with van der Waals surface area (Å²) >= 11 is 0. The van der Waals surface area contributed by atoms with Crippen LogP contribution in [0.2, 0.25) is 0 Å². The van der Waals surface area contributed by atoms with Crippen LogP contribution < -0.4 is 10.6 Å². The van der Waals surface area contributed by atoms with Gasteiger partial charge in [-0.15, -0.1) is 0 Å².